The largest absolute Gasteiger partial charge is 0.486 e. The lowest BCUT2D eigenvalue weighted by Gasteiger charge is -2.33. The van der Waals surface area contributed by atoms with E-state index >= 15 is 0 Å². The molecule has 0 saturated carbocycles. The number of hydrogen-bond acceptors (Lipinski definition) is 5. The van der Waals surface area contributed by atoms with Crippen molar-refractivity contribution in [3.8, 4) is 5.75 Å². The summed E-state index contributed by atoms with van der Waals surface area (Å²) in [5, 5.41) is 0. The van der Waals surface area contributed by atoms with Crippen molar-refractivity contribution in [3.63, 3.8) is 0 Å². The third-order valence-electron chi connectivity index (χ3n) is 3.55. The van der Waals surface area contributed by atoms with Gasteiger partial charge in [-0.05, 0) is 37.6 Å². The van der Waals surface area contributed by atoms with Crippen molar-refractivity contribution in [1.29, 1.82) is 0 Å². The predicted octanol–water partition coefficient (Wildman–Crippen LogP) is 0.921. The van der Waals surface area contributed by atoms with Gasteiger partial charge >= 0.3 is 0 Å². The second-order valence-corrected chi connectivity index (χ2v) is 6.97. The molecule has 0 aromatic heterocycles. The van der Waals surface area contributed by atoms with Crippen LogP contribution in [0.3, 0.4) is 0 Å². The van der Waals surface area contributed by atoms with Crippen molar-refractivity contribution in [2.24, 2.45) is 5.73 Å². The predicted molar refractivity (Wildman–Crippen MR) is 83.3 cm³/mol. The molecule has 0 amide bonds. The number of sulfonamides is 1. The summed E-state index contributed by atoms with van der Waals surface area (Å²) in [7, 11) is -1.55. The average Bonchev–Trinajstić information content (AvgIpc) is 2.46. The molecule has 1 aromatic rings. The van der Waals surface area contributed by atoms with Gasteiger partial charge in [0.2, 0.25) is 10.0 Å². The fraction of sp³-hybridized carbons (Fsp3) is 0.571. The van der Waals surface area contributed by atoms with Gasteiger partial charge in [0, 0.05) is 13.6 Å². The second-order valence-electron chi connectivity index (χ2n) is 5.20. The minimum Gasteiger partial charge on any atom is -0.486 e. The number of nitrogens with two attached hydrogens (primary N) is 1. The van der Waals surface area contributed by atoms with Crippen LogP contribution in [-0.4, -0.2) is 41.2 Å². The highest BCUT2D eigenvalue weighted by Crippen LogP contribution is 2.35. The van der Waals surface area contributed by atoms with Gasteiger partial charge in [0.25, 0.3) is 0 Å². The van der Waals surface area contributed by atoms with Crippen LogP contribution in [0.1, 0.15) is 19.8 Å². The molecule has 0 spiro atoms. The molecule has 0 saturated heterocycles. The Bertz CT molecular complexity index is 589. The fourth-order valence-electron chi connectivity index (χ4n) is 2.29. The van der Waals surface area contributed by atoms with Gasteiger partial charge in [0.1, 0.15) is 11.9 Å². The van der Waals surface area contributed by atoms with Crippen LogP contribution >= 0.6 is 0 Å². The number of benzene rings is 1. The van der Waals surface area contributed by atoms with Crippen LogP contribution in [0.4, 0.5) is 5.69 Å². The van der Waals surface area contributed by atoms with E-state index in [1.54, 1.807) is 18.2 Å². The molecular formula is C14H23N3O3S. The quantitative estimate of drug-likeness (QED) is 0.763. The molecule has 1 aromatic carbocycles. The maximum atomic E-state index is 12.2. The molecule has 1 aliphatic heterocycles. The highest BCUT2D eigenvalue weighted by atomic mass is 32.2. The summed E-state index contributed by atoms with van der Waals surface area (Å²) in [6.07, 6.45) is 1.68. The van der Waals surface area contributed by atoms with E-state index in [0.717, 1.165) is 24.4 Å². The summed E-state index contributed by atoms with van der Waals surface area (Å²) in [5.41, 5.74) is 6.18. The fourth-order valence-corrected chi connectivity index (χ4v) is 3.38. The van der Waals surface area contributed by atoms with Crippen LogP contribution in [0.15, 0.2) is 23.1 Å². The van der Waals surface area contributed by atoms with E-state index in [4.69, 9.17) is 10.5 Å². The average molecular weight is 313 g/mol. The summed E-state index contributed by atoms with van der Waals surface area (Å²) < 4.78 is 32.8. The van der Waals surface area contributed by atoms with Gasteiger partial charge in [0.05, 0.1) is 17.1 Å². The molecule has 6 nitrogen and oxygen atoms in total. The standard InChI is InChI=1S/C14H23N3O3S/c1-3-11-10-17(2)13-9-12(5-6-14(13)20-11)21(18,19)16-8-4-7-15/h5-6,9,11,16H,3-4,7-8,10,15H2,1-2H3. The first-order valence-corrected chi connectivity index (χ1v) is 8.68. The van der Waals surface area contributed by atoms with Gasteiger partial charge < -0.3 is 15.4 Å². The zero-order valence-electron chi connectivity index (χ0n) is 12.5. The Morgan fingerprint density at radius 1 is 1.48 bits per heavy atom. The maximum Gasteiger partial charge on any atom is 0.240 e. The minimum absolute atomic E-state index is 0.146. The van der Waals surface area contributed by atoms with E-state index in [2.05, 4.69) is 11.6 Å². The van der Waals surface area contributed by atoms with E-state index in [1.165, 1.54) is 0 Å². The smallest absolute Gasteiger partial charge is 0.240 e. The molecule has 0 bridgehead atoms. The van der Waals surface area contributed by atoms with Gasteiger partial charge in [-0.3, -0.25) is 0 Å². The van der Waals surface area contributed by atoms with E-state index in [0.29, 0.717) is 19.5 Å². The van der Waals surface area contributed by atoms with Crippen molar-refractivity contribution in [1.82, 2.24) is 4.72 Å². The summed E-state index contributed by atoms with van der Waals surface area (Å²) >= 11 is 0. The number of fused-ring (bicyclic) bond motifs is 1. The van der Waals surface area contributed by atoms with E-state index in [1.807, 2.05) is 11.9 Å². The van der Waals surface area contributed by atoms with Crippen LogP contribution in [-0.2, 0) is 10.0 Å². The molecule has 0 fully saturated rings. The highest BCUT2D eigenvalue weighted by molar-refractivity contribution is 7.89. The van der Waals surface area contributed by atoms with Crippen molar-refractivity contribution >= 4 is 15.7 Å². The lowest BCUT2D eigenvalue weighted by atomic mass is 10.2. The number of nitrogens with one attached hydrogen (secondary N) is 1. The second kappa shape index (κ2) is 6.64. The third-order valence-corrected chi connectivity index (χ3v) is 5.01. The van der Waals surface area contributed by atoms with E-state index in [-0.39, 0.29) is 11.0 Å². The first-order chi connectivity index (χ1) is 9.97. The molecular weight excluding hydrogens is 290 g/mol. The molecule has 21 heavy (non-hydrogen) atoms. The number of nitrogens with zero attached hydrogens (tertiary/aromatic N) is 1. The zero-order valence-corrected chi connectivity index (χ0v) is 13.3. The molecule has 0 aliphatic carbocycles. The number of ether oxygens (including phenoxy) is 1. The Balaban J connectivity index is 2.23. The highest BCUT2D eigenvalue weighted by Gasteiger charge is 2.24. The molecule has 1 unspecified atom stereocenters. The van der Waals surface area contributed by atoms with Crippen molar-refractivity contribution in [3.05, 3.63) is 18.2 Å². The topological polar surface area (TPSA) is 84.7 Å². The molecule has 1 aliphatic rings. The van der Waals surface area contributed by atoms with Crippen molar-refractivity contribution < 1.29 is 13.2 Å². The summed E-state index contributed by atoms with van der Waals surface area (Å²) in [4.78, 5) is 2.29. The Morgan fingerprint density at radius 3 is 2.90 bits per heavy atom. The summed E-state index contributed by atoms with van der Waals surface area (Å²) in [6, 6.07) is 4.96. The number of anilines is 1. The van der Waals surface area contributed by atoms with Gasteiger partial charge in [-0.15, -0.1) is 0 Å². The Labute approximate surface area is 126 Å². The van der Waals surface area contributed by atoms with Crippen LogP contribution < -0.4 is 20.1 Å². The molecule has 1 atom stereocenters. The zero-order chi connectivity index (χ0) is 15.5. The Morgan fingerprint density at radius 2 is 2.24 bits per heavy atom. The number of likely N-dealkylation sites (N-methyl/N-ethyl adjacent to an activating group) is 1. The summed E-state index contributed by atoms with van der Waals surface area (Å²) in [6.45, 7) is 3.64. The lowest BCUT2D eigenvalue weighted by Crippen LogP contribution is -2.37. The van der Waals surface area contributed by atoms with Crippen LogP contribution in [0, 0.1) is 0 Å². The van der Waals surface area contributed by atoms with Gasteiger partial charge in [-0.1, -0.05) is 6.92 Å². The Hall–Kier alpha value is -1.31. The van der Waals surface area contributed by atoms with Gasteiger partial charge in [0.15, 0.2) is 0 Å². The van der Waals surface area contributed by atoms with Crippen LogP contribution in [0.5, 0.6) is 5.75 Å². The minimum atomic E-state index is -3.50. The molecule has 0 radical (unpaired) electrons. The summed E-state index contributed by atoms with van der Waals surface area (Å²) in [5.74, 6) is 0.733. The molecule has 2 rings (SSSR count). The van der Waals surface area contributed by atoms with Gasteiger partial charge in [-0.2, -0.15) is 0 Å². The number of hydrogen-bond donors (Lipinski definition) is 2. The van der Waals surface area contributed by atoms with Gasteiger partial charge in [-0.25, -0.2) is 13.1 Å². The first-order valence-electron chi connectivity index (χ1n) is 7.19. The molecule has 118 valence electrons. The SMILES string of the molecule is CCC1CN(C)c2cc(S(=O)(=O)NCCCN)ccc2O1. The molecule has 3 N–H and O–H groups in total. The number of rotatable bonds is 6. The van der Waals surface area contributed by atoms with Crippen molar-refractivity contribution in [2.45, 2.75) is 30.8 Å². The Kier molecular flexibility index (Phi) is 5.08. The monoisotopic (exact) mass is 313 g/mol. The third kappa shape index (κ3) is 3.66. The van der Waals surface area contributed by atoms with E-state index < -0.39 is 10.0 Å². The van der Waals surface area contributed by atoms with Crippen LogP contribution in [0.25, 0.3) is 0 Å². The van der Waals surface area contributed by atoms with Crippen LogP contribution in [0.2, 0.25) is 0 Å². The lowest BCUT2D eigenvalue weighted by molar-refractivity contribution is 0.191. The van der Waals surface area contributed by atoms with Crippen molar-refractivity contribution in [2.75, 3.05) is 31.6 Å². The molecule has 7 heteroatoms. The van der Waals surface area contributed by atoms with E-state index in [9.17, 15) is 8.42 Å². The maximum absolute atomic E-state index is 12.2. The molecule has 1 heterocycles. The first kappa shape index (κ1) is 16.1. The normalized spacial score (nSPS) is 18.2.